The first-order valence-corrected chi connectivity index (χ1v) is 8.27. The fraction of sp³-hybridized carbons (Fsp3) is 0.350. The Hall–Kier alpha value is -2.49. The number of aryl methyl sites for hydroxylation is 2. The Morgan fingerprint density at radius 2 is 1.92 bits per heavy atom. The highest BCUT2D eigenvalue weighted by molar-refractivity contribution is 5.77. The van der Waals surface area contributed by atoms with Crippen LogP contribution in [0.4, 0.5) is 0 Å². The van der Waals surface area contributed by atoms with E-state index in [9.17, 15) is 4.79 Å². The number of ether oxygens (including phenoxy) is 2. The number of benzene rings is 2. The minimum atomic E-state index is -0.0432. The third-order valence-corrected chi connectivity index (χ3v) is 4.41. The van der Waals surface area contributed by atoms with E-state index in [0.29, 0.717) is 6.54 Å². The minimum absolute atomic E-state index is 0.0432. The van der Waals surface area contributed by atoms with E-state index in [1.165, 1.54) is 17.5 Å². The van der Waals surface area contributed by atoms with Gasteiger partial charge in [0.15, 0.2) is 6.61 Å². The van der Waals surface area contributed by atoms with Crippen molar-refractivity contribution in [3.63, 3.8) is 0 Å². The second-order valence-electron chi connectivity index (χ2n) is 6.17. The number of hydrogen-bond donors (Lipinski definition) is 0. The molecule has 0 heterocycles. The molecule has 0 atom stereocenters. The van der Waals surface area contributed by atoms with Gasteiger partial charge in [0.05, 0.1) is 7.11 Å². The summed E-state index contributed by atoms with van der Waals surface area (Å²) in [5, 5.41) is 0. The molecule has 1 aliphatic rings. The summed E-state index contributed by atoms with van der Waals surface area (Å²) in [6.07, 6.45) is 3.47. The van der Waals surface area contributed by atoms with E-state index in [-0.39, 0.29) is 12.5 Å². The van der Waals surface area contributed by atoms with E-state index in [2.05, 4.69) is 12.1 Å². The van der Waals surface area contributed by atoms with Crippen molar-refractivity contribution in [3.8, 4) is 11.5 Å². The smallest absolute Gasteiger partial charge is 0.260 e. The number of amides is 1. The normalized spacial score (nSPS) is 12.6. The van der Waals surface area contributed by atoms with Crippen LogP contribution in [0.1, 0.15) is 23.1 Å². The van der Waals surface area contributed by atoms with Gasteiger partial charge < -0.3 is 14.4 Å². The second kappa shape index (κ2) is 7.39. The van der Waals surface area contributed by atoms with Crippen LogP contribution in [-0.2, 0) is 24.2 Å². The van der Waals surface area contributed by atoms with Crippen molar-refractivity contribution >= 4 is 5.91 Å². The molecule has 3 rings (SSSR count). The zero-order valence-corrected chi connectivity index (χ0v) is 14.2. The first kappa shape index (κ1) is 16.4. The van der Waals surface area contributed by atoms with Crippen molar-refractivity contribution in [3.05, 3.63) is 59.2 Å². The van der Waals surface area contributed by atoms with Crippen molar-refractivity contribution in [1.82, 2.24) is 4.90 Å². The Labute approximate surface area is 143 Å². The lowest BCUT2D eigenvalue weighted by molar-refractivity contribution is -0.132. The van der Waals surface area contributed by atoms with Gasteiger partial charge in [-0.3, -0.25) is 4.79 Å². The van der Waals surface area contributed by atoms with E-state index in [1.54, 1.807) is 19.1 Å². The molecule has 0 radical (unpaired) electrons. The Morgan fingerprint density at radius 3 is 2.75 bits per heavy atom. The number of likely N-dealkylation sites (N-methyl/N-ethyl adjacent to an activating group) is 1. The van der Waals surface area contributed by atoms with E-state index in [4.69, 9.17) is 9.47 Å². The summed E-state index contributed by atoms with van der Waals surface area (Å²) < 4.78 is 10.9. The monoisotopic (exact) mass is 325 g/mol. The molecule has 126 valence electrons. The molecule has 1 amide bonds. The van der Waals surface area contributed by atoms with Crippen molar-refractivity contribution < 1.29 is 14.3 Å². The quantitative estimate of drug-likeness (QED) is 0.818. The lowest BCUT2D eigenvalue weighted by atomic mass is 10.1. The molecular weight excluding hydrogens is 302 g/mol. The first-order chi connectivity index (χ1) is 11.7. The van der Waals surface area contributed by atoms with E-state index in [1.807, 2.05) is 30.3 Å². The fourth-order valence-electron chi connectivity index (χ4n) is 3.03. The molecule has 0 bridgehead atoms. The van der Waals surface area contributed by atoms with E-state index in [0.717, 1.165) is 29.9 Å². The zero-order valence-electron chi connectivity index (χ0n) is 14.2. The molecule has 0 saturated carbocycles. The van der Waals surface area contributed by atoms with Gasteiger partial charge in [0.25, 0.3) is 5.91 Å². The lowest BCUT2D eigenvalue weighted by Crippen LogP contribution is -2.30. The molecule has 0 N–H and O–H groups in total. The summed E-state index contributed by atoms with van der Waals surface area (Å²) in [5.74, 6) is 1.53. The van der Waals surface area contributed by atoms with Crippen LogP contribution in [0, 0.1) is 0 Å². The van der Waals surface area contributed by atoms with Crippen LogP contribution in [0.3, 0.4) is 0 Å². The van der Waals surface area contributed by atoms with E-state index >= 15 is 0 Å². The summed E-state index contributed by atoms with van der Waals surface area (Å²) in [7, 11) is 3.42. The summed E-state index contributed by atoms with van der Waals surface area (Å²) in [5.41, 5.74) is 3.79. The van der Waals surface area contributed by atoms with Crippen LogP contribution in [-0.4, -0.2) is 31.6 Å². The van der Waals surface area contributed by atoms with Crippen molar-refractivity contribution in [1.29, 1.82) is 0 Å². The molecule has 0 aromatic heterocycles. The summed E-state index contributed by atoms with van der Waals surface area (Å²) in [6.45, 7) is 0.586. The molecular formula is C20H23NO3. The van der Waals surface area contributed by atoms with E-state index < -0.39 is 0 Å². The molecule has 0 unspecified atom stereocenters. The van der Waals surface area contributed by atoms with Crippen LogP contribution >= 0.6 is 0 Å². The Morgan fingerprint density at radius 1 is 1.08 bits per heavy atom. The molecule has 0 spiro atoms. The summed E-state index contributed by atoms with van der Waals surface area (Å²) >= 11 is 0. The van der Waals surface area contributed by atoms with Crippen molar-refractivity contribution in [2.75, 3.05) is 20.8 Å². The number of carbonyl (C=O) groups is 1. The third kappa shape index (κ3) is 3.88. The number of carbonyl (C=O) groups excluding carboxylic acids is 1. The van der Waals surface area contributed by atoms with Gasteiger partial charge in [-0.25, -0.2) is 0 Å². The number of methoxy groups -OCH3 is 1. The van der Waals surface area contributed by atoms with Crippen molar-refractivity contribution in [2.45, 2.75) is 25.8 Å². The van der Waals surface area contributed by atoms with Gasteiger partial charge in [-0.2, -0.15) is 0 Å². The number of nitrogens with zero attached hydrogens (tertiary/aromatic N) is 1. The molecule has 1 aliphatic carbocycles. The molecule has 24 heavy (non-hydrogen) atoms. The lowest BCUT2D eigenvalue weighted by Gasteiger charge is -2.18. The summed E-state index contributed by atoms with van der Waals surface area (Å²) in [4.78, 5) is 13.9. The van der Waals surface area contributed by atoms with Crippen LogP contribution in [0.5, 0.6) is 11.5 Å². The standard InChI is InChI=1S/C20H23NO3/c1-21(13-15-5-3-8-18(11-15)23-2)20(22)14-24-19-10-9-16-6-4-7-17(16)12-19/h3,5,8-12H,4,6-7,13-14H2,1-2H3. The number of hydrogen-bond acceptors (Lipinski definition) is 3. The van der Waals surface area contributed by atoms with Gasteiger partial charge in [-0.1, -0.05) is 18.2 Å². The molecule has 0 saturated heterocycles. The first-order valence-electron chi connectivity index (χ1n) is 8.27. The Bertz CT molecular complexity index is 727. The molecule has 2 aromatic carbocycles. The maximum absolute atomic E-state index is 12.3. The number of fused-ring (bicyclic) bond motifs is 1. The highest BCUT2D eigenvalue weighted by Gasteiger charge is 2.13. The largest absolute Gasteiger partial charge is 0.497 e. The Kier molecular flexibility index (Phi) is 5.04. The van der Waals surface area contributed by atoms with Crippen molar-refractivity contribution in [2.24, 2.45) is 0 Å². The maximum Gasteiger partial charge on any atom is 0.260 e. The predicted molar refractivity (Wildman–Crippen MR) is 93.4 cm³/mol. The predicted octanol–water partition coefficient (Wildman–Crippen LogP) is 3.22. The van der Waals surface area contributed by atoms with Crippen LogP contribution < -0.4 is 9.47 Å². The average Bonchev–Trinajstić information content (AvgIpc) is 3.07. The highest BCUT2D eigenvalue weighted by atomic mass is 16.5. The second-order valence-corrected chi connectivity index (χ2v) is 6.17. The SMILES string of the molecule is COc1cccc(CN(C)C(=O)COc2ccc3c(c2)CCC3)c1. The minimum Gasteiger partial charge on any atom is -0.497 e. The van der Waals surface area contributed by atoms with Crippen LogP contribution in [0.15, 0.2) is 42.5 Å². The van der Waals surface area contributed by atoms with Gasteiger partial charge in [0.1, 0.15) is 11.5 Å². The van der Waals surface area contributed by atoms with Gasteiger partial charge in [0, 0.05) is 13.6 Å². The maximum atomic E-state index is 12.3. The topological polar surface area (TPSA) is 38.8 Å². The molecule has 2 aromatic rings. The van der Waals surface area contributed by atoms with Crippen LogP contribution in [0.25, 0.3) is 0 Å². The highest BCUT2D eigenvalue weighted by Crippen LogP contribution is 2.26. The molecule has 0 aliphatic heterocycles. The molecule has 0 fully saturated rings. The van der Waals surface area contributed by atoms with Gasteiger partial charge >= 0.3 is 0 Å². The van der Waals surface area contributed by atoms with Gasteiger partial charge in [0.2, 0.25) is 0 Å². The molecule has 4 heteroatoms. The van der Waals surface area contributed by atoms with Crippen LogP contribution in [0.2, 0.25) is 0 Å². The number of rotatable bonds is 6. The fourth-order valence-corrected chi connectivity index (χ4v) is 3.03. The summed E-state index contributed by atoms with van der Waals surface area (Å²) in [6, 6.07) is 13.9. The Balaban J connectivity index is 1.54. The molecule has 4 nitrogen and oxygen atoms in total. The van der Waals surface area contributed by atoms with Gasteiger partial charge in [-0.05, 0) is 60.2 Å². The third-order valence-electron chi connectivity index (χ3n) is 4.41. The average molecular weight is 325 g/mol. The van der Waals surface area contributed by atoms with Gasteiger partial charge in [-0.15, -0.1) is 0 Å². The zero-order chi connectivity index (χ0) is 16.9.